The van der Waals surface area contributed by atoms with Crippen molar-refractivity contribution < 1.29 is 9.53 Å². The molecule has 0 aliphatic heterocycles. The summed E-state index contributed by atoms with van der Waals surface area (Å²) in [5.41, 5.74) is 4.80. The summed E-state index contributed by atoms with van der Waals surface area (Å²) in [7, 11) is 0. The van der Waals surface area contributed by atoms with E-state index >= 15 is 0 Å². The van der Waals surface area contributed by atoms with Crippen molar-refractivity contribution >= 4 is 11.8 Å². The molecule has 0 unspecified atom stereocenters. The quantitative estimate of drug-likeness (QED) is 0.846. The average molecular weight is 260 g/mol. The van der Waals surface area contributed by atoms with Crippen LogP contribution in [0.25, 0.3) is 0 Å². The third kappa shape index (κ3) is 3.81. The minimum absolute atomic E-state index is 0.317. The number of nitrogens with zero attached hydrogens (tertiary/aromatic N) is 1. The molecule has 19 heavy (non-hydrogen) atoms. The van der Waals surface area contributed by atoms with Crippen molar-refractivity contribution in [2.24, 2.45) is 5.10 Å². The molecule has 102 valence electrons. The van der Waals surface area contributed by atoms with Gasteiger partial charge in [0, 0.05) is 11.6 Å². The summed E-state index contributed by atoms with van der Waals surface area (Å²) in [4.78, 5) is 11.3. The second-order valence-electron chi connectivity index (χ2n) is 4.64. The van der Waals surface area contributed by atoms with E-state index in [0.717, 1.165) is 25.0 Å². The van der Waals surface area contributed by atoms with E-state index in [1.54, 1.807) is 6.92 Å². The molecule has 0 spiro atoms. The number of benzene rings is 1. The molecule has 0 radical (unpaired) electrons. The number of nitrogens with one attached hydrogen (secondary N) is 1. The first-order valence-electron chi connectivity index (χ1n) is 6.85. The van der Waals surface area contributed by atoms with Crippen molar-refractivity contribution in [1.29, 1.82) is 0 Å². The van der Waals surface area contributed by atoms with Crippen molar-refractivity contribution in [3.8, 4) is 0 Å². The van der Waals surface area contributed by atoms with Gasteiger partial charge in [0.1, 0.15) is 0 Å². The van der Waals surface area contributed by atoms with E-state index in [0.29, 0.717) is 12.5 Å². The molecule has 1 amide bonds. The second kappa shape index (κ2) is 6.92. The first-order chi connectivity index (χ1) is 9.31. The van der Waals surface area contributed by atoms with Crippen molar-refractivity contribution in [3.05, 3.63) is 35.9 Å². The van der Waals surface area contributed by atoms with Gasteiger partial charge in [-0.25, -0.2) is 10.2 Å². The third-order valence-electron chi connectivity index (χ3n) is 3.35. The molecule has 4 heteroatoms. The molecule has 1 fully saturated rings. The Morgan fingerprint density at radius 1 is 1.37 bits per heavy atom. The fourth-order valence-corrected chi connectivity index (χ4v) is 2.45. The number of carbonyl (C=O) groups excluding carboxylic acids is 1. The van der Waals surface area contributed by atoms with Gasteiger partial charge < -0.3 is 4.74 Å². The van der Waals surface area contributed by atoms with Gasteiger partial charge in [0.2, 0.25) is 0 Å². The molecule has 0 aromatic heterocycles. The lowest BCUT2D eigenvalue weighted by Gasteiger charge is -2.24. The molecule has 4 nitrogen and oxygen atoms in total. The van der Waals surface area contributed by atoms with Crippen LogP contribution in [-0.4, -0.2) is 18.4 Å². The lowest BCUT2D eigenvalue weighted by atomic mass is 9.82. The molecule has 1 aromatic carbocycles. The Kier molecular flexibility index (Phi) is 4.95. The first kappa shape index (κ1) is 13.6. The molecule has 1 aliphatic rings. The maximum absolute atomic E-state index is 11.3. The van der Waals surface area contributed by atoms with Crippen LogP contribution in [0.5, 0.6) is 0 Å². The van der Waals surface area contributed by atoms with Crippen LogP contribution < -0.4 is 5.43 Å². The summed E-state index contributed by atoms with van der Waals surface area (Å²) in [5, 5.41) is 4.25. The first-order valence-corrected chi connectivity index (χ1v) is 6.85. The maximum Gasteiger partial charge on any atom is 0.427 e. The lowest BCUT2D eigenvalue weighted by molar-refractivity contribution is 0.152. The van der Waals surface area contributed by atoms with Crippen LogP contribution in [0.4, 0.5) is 4.79 Å². The van der Waals surface area contributed by atoms with Crippen molar-refractivity contribution in [2.45, 2.75) is 38.5 Å². The molecule has 2 rings (SSSR count). The van der Waals surface area contributed by atoms with Crippen LogP contribution in [0, 0.1) is 0 Å². The normalized spacial score (nSPS) is 21.1. The van der Waals surface area contributed by atoms with E-state index in [4.69, 9.17) is 4.74 Å². The SMILES string of the molecule is CCOC(=O)N/N=C1/CCCC[C@H]1c1ccccc1. The highest BCUT2D eigenvalue weighted by Gasteiger charge is 2.22. The Labute approximate surface area is 113 Å². The van der Waals surface area contributed by atoms with E-state index in [-0.39, 0.29) is 0 Å². The highest BCUT2D eigenvalue weighted by molar-refractivity contribution is 5.92. The summed E-state index contributed by atoms with van der Waals surface area (Å²) >= 11 is 0. The summed E-state index contributed by atoms with van der Waals surface area (Å²) in [6.07, 6.45) is 3.89. The molecule has 0 saturated heterocycles. The molecule has 0 bridgehead atoms. The highest BCUT2D eigenvalue weighted by atomic mass is 16.5. The monoisotopic (exact) mass is 260 g/mol. The van der Waals surface area contributed by atoms with Crippen LogP contribution in [0.1, 0.15) is 44.1 Å². The number of ether oxygens (including phenoxy) is 1. The molecule has 1 saturated carbocycles. The number of amides is 1. The number of carbonyl (C=O) groups is 1. The van der Waals surface area contributed by atoms with Crippen LogP contribution in [0.15, 0.2) is 35.4 Å². The Morgan fingerprint density at radius 3 is 2.89 bits per heavy atom. The van der Waals surface area contributed by atoms with Gasteiger partial charge >= 0.3 is 6.09 Å². The lowest BCUT2D eigenvalue weighted by Crippen LogP contribution is -2.25. The number of hydrogen-bond acceptors (Lipinski definition) is 3. The van der Waals surface area contributed by atoms with Crippen molar-refractivity contribution in [3.63, 3.8) is 0 Å². The largest absolute Gasteiger partial charge is 0.449 e. The standard InChI is InChI=1S/C15H20N2O2/c1-2-19-15(18)17-16-14-11-7-6-10-13(14)12-8-4-3-5-9-12/h3-5,8-9,13H,2,6-7,10-11H2,1H3,(H,17,18)/b16-14-/t13-/m0/s1. The van der Waals surface area contributed by atoms with Gasteiger partial charge in [-0.05, 0) is 31.7 Å². The molecule has 1 aliphatic carbocycles. The molecule has 1 N–H and O–H groups in total. The van der Waals surface area contributed by atoms with Crippen LogP contribution in [-0.2, 0) is 4.74 Å². The van der Waals surface area contributed by atoms with Gasteiger partial charge in [-0.1, -0.05) is 36.8 Å². The summed E-state index contributed by atoms with van der Waals surface area (Å²) in [6.45, 7) is 2.14. The number of rotatable bonds is 3. The summed E-state index contributed by atoms with van der Waals surface area (Å²) in [5.74, 6) is 0.317. The summed E-state index contributed by atoms with van der Waals surface area (Å²) in [6, 6.07) is 10.3. The van der Waals surface area contributed by atoms with Gasteiger partial charge in [-0.15, -0.1) is 0 Å². The Morgan fingerprint density at radius 2 is 2.16 bits per heavy atom. The molecule has 0 heterocycles. The molecular formula is C15H20N2O2. The Bertz CT molecular complexity index is 443. The smallest absolute Gasteiger partial charge is 0.427 e. The Hall–Kier alpha value is -1.84. The van der Waals surface area contributed by atoms with E-state index in [2.05, 4.69) is 22.7 Å². The molecule has 1 aromatic rings. The number of hydrazone groups is 1. The third-order valence-corrected chi connectivity index (χ3v) is 3.35. The predicted octanol–water partition coefficient (Wildman–Crippen LogP) is 3.45. The van der Waals surface area contributed by atoms with Crippen LogP contribution >= 0.6 is 0 Å². The topological polar surface area (TPSA) is 50.7 Å². The van der Waals surface area contributed by atoms with E-state index in [1.165, 1.54) is 12.0 Å². The second-order valence-corrected chi connectivity index (χ2v) is 4.64. The van der Waals surface area contributed by atoms with E-state index in [9.17, 15) is 4.79 Å². The zero-order valence-electron chi connectivity index (χ0n) is 11.3. The minimum Gasteiger partial charge on any atom is -0.449 e. The number of hydrogen-bond donors (Lipinski definition) is 1. The van der Waals surface area contributed by atoms with Crippen molar-refractivity contribution in [2.75, 3.05) is 6.61 Å². The Balaban J connectivity index is 2.08. The highest BCUT2D eigenvalue weighted by Crippen LogP contribution is 2.30. The van der Waals surface area contributed by atoms with Gasteiger partial charge in [0.05, 0.1) is 6.61 Å². The van der Waals surface area contributed by atoms with E-state index in [1.807, 2.05) is 18.2 Å². The predicted molar refractivity (Wildman–Crippen MR) is 75.2 cm³/mol. The van der Waals surface area contributed by atoms with E-state index < -0.39 is 6.09 Å². The van der Waals surface area contributed by atoms with Crippen molar-refractivity contribution in [1.82, 2.24) is 5.43 Å². The minimum atomic E-state index is -0.479. The fraction of sp³-hybridized carbons (Fsp3) is 0.467. The van der Waals surface area contributed by atoms with Gasteiger partial charge in [0.15, 0.2) is 0 Å². The van der Waals surface area contributed by atoms with Crippen LogP contribution in [0.2, 0.25) is 0 Å². The van der Waals surface area contributed by atoms with Gasteiger partial charge in [0.25, 0.3) is 0 Å². The summed E-state index contributed by atoms with van der Waals surface area (Å²) < 4.78 is 4.82. The van der Waals surface area contributed by atoms with Crippen LogP contribution in [0.3, 0.4) is 0 Å². The zero-order chi connectivity index (χ0) is 13.5. The molecular weight excluding hydrogens is 240 g/mol. The van der Waals surface area contributed by atoms with Gasteiger partial charge in [-0.3, -0.25) is 0 Å². The van der Waals surface area contributed by atoms with Gasteiger partial charge in [-0.2, -0.15) is 5.10 Å². The fourth-order valence-electron chi connectivity index (χ4n) is 2.45. The maximum atomic E-state index is 11.3. The average Bonchev–Trinajstić information content (AvgIpc) is 2.47. The zero-order valence-corrected chi connectivity index (χ0v) is 11.3. The molecule has 1 atom stereocenters.